The predicted molar refractivity (Wildman–Crippen MR) is 49.7 cm³/mol. The molecule has 0 saturated carbocycles. The van der Waals surface area contributed by atoms with Gasteiger partial charge in [-0.1, -0.05) is 17.7 Å². The number of esters is 1. The fourth-order valence-electron chi connectivity index (χ4n) is 0.952. The van der Waals surface area contributed by atoms with Gasteiger partial charge in [-0.2, -0.15) is 0 Å². The summed E-state index contributed by atoms with van der Waals surface area (Å²) in [6.45, 7) is 1.19. The van der Waals surface area contributed by atoms with Gasteiger partial charge in [0.2, 0.25) is 0 Å². The zero-order valence-electron chi connectivity index (χ0n) is 7.28. The van der Waals surface area contributed by atoms with Crippen molar-refractivity contribution < 1.29 is 19.4 Å². The summed E-state index contributed by atoms with van der Waals surface area (Å²) in [5, 5.41) is 8.82. The Balaban J connectivity index is 3.21. The van der Waals surface area contributed by atoms with Gasteiger partial charge in [-0.25, -0.2) is 4.79 Å². The van der Waals surface area contributed by atoms with Gasteiger partial charge in [-0.3, -0.25) is 4.79 Å². The number of carbonyl (C=O) groups excluding carboxylic acids is 1. The van der Waals surface area contributed by atoms with Crippen molar-refractivity contribution in [3.8, 4) is 5.75 Å². The van der Waals surface area contributed by atoms with Crippen LogP contribution in [0.25, 0.3) is 0 Å². The molecule has 0 amide bonds. The number of carboxylic acid groups (broad SMARTS) is 1. The van der Waals surface area contributed by atoms with Crippen molar-refractivity contribution in [3.05, 3.63) is 28.8 Å². The summed E-state index contributed by atoms with van der Waals surface area (Å²) < 4.78 is 4.68. The minimum atomic E-state index is -1.23. The highest BCUT2D eigenvalue weighted by atomic mass is 35.5. The molecule has 0 unspecified atom stereocenters. The maximum Gasteiger partial charge on any atom is 0.341 e. The molecule has 1 aromatic rings. The Morgan fingerprint density at radius 2 is 2.07 bits per heavy atom. The molecule has 0 atom stereocenters. The highest BCUT2D eigenvalue weighted by Gasteiger charge is 2.16. The standard InChI is InChI=1S/C9H7ClO4/c1-5(11)14-7-4-2-3-6(10)8(7)9(12)13/h2-4H,1H3,(H,12,13). The normalized spacial score (nSPS) is 9.57. The van der Waals surface area contributed by atoms with Crippen LogP contribution in [-0.4, -0.2) is 17.0 Å². The van der Waals surface area contributed by atoms with E-state index in [1.165, 1.54) is 25.1 Å². The van der Waals surface area contributed by atoms with Gasteiger partial charge in [0.05, 0.1) is 5.02 Å². The summed E-state index contributed by atoms with van der Waals surface area (Å²) in [6, 6.07) is 4.29. The molecule has 1 aromatic carbocycles. The smallest absolute Gasteiger partial charge is 0.341 e. The summed E-state index contributed by atoms with van der Waals surface area (Å²) >= 11 is 5.64. The average Bonchev–Trinajstić information content (AvgIpc) is 2.01. The molecular weight excluding hydrogens is 208 g/mol. The van der Waals surface area contributed by atoms with Gasteiger partial charge >= 0.3 is 11.9 Å². The molecule has 1 rings (SSSR count). The van der Waals surface area contributed by atoms with Crippen molar-refractivity contribution in [2.45, 2.75) is 6.92 Å². The molecule has 74 valence electrons. The molecule has 0 radical (unpaired) electrons. The number of hydrogen-bond acceptors (Lipinski definition) is 3. The van der Waals surface area contributed by atoms with Crippen LogP contribution < -0.4 is 4.74 Å². The molecule has 1 N–H and O–H groups in total. The Kier molecular flexibility index (Phi) is 3.09. The molecule has 0 aliphatic heterocycles. The number of aromatic carboxylic acids is 1. The van der Waals surface area contributed by atoms with E-state index in [-0.39, 0.29) is 16.3 Å². The van der Waals surface area contributed by atoms with Crippen LogP contribution in [0.15, 0.2) is 18.2 Å². The first kappa shape index (κ1) is 10.5. The molecule has 0 aromatic heterocycles. The third-order valence-corrected chi connectivity index (χ3v) is 1.76. The van der Waals surface area contributed by atoms with Gasteiger partial charge in [0.25, 0.3) is 0 Å². The van der Waals surface area contributed by atoms with Gasteiger partial charge < -0.3 is 9.84 Å². The lowest BCUT2D eigenvalue weighted by Crippen LogP contribution is -2.07. The van der Waals surface area contributed by atoms with Crippen molar-refractivity contribution in [3.63, 3.8) is 0 Å². The van der Waals surface area contributed by atoms with E-state index < -0.39 is 11.9 Å². The maximum atomic E-state index is 10.7. The molecule has 0 bridgehead atoms. The molecule has 0 heterocycles. The fourth-order valence-corrected chi connectivity index (χ4v) is 1.20. The molecule has 0 aliphatic rings. The monoisotopic (exact) mass is 214 g/mol. The number of hydrogen-bond donors (Lipinski definition) is 1. The van der Waals surface area contributed by atoms with E-state index in [1.807, 2.05) is 0 Å². The van der Waals surface area contributed by atoms with Gasteiger partial charge in [-0.15, -0.1) is 0 Å². The number of halogens is 1. The highest BCUT2D eigenvalue weighted by molar-refractivity contribution is 6.33. The van der Waals surface area contributed by atoms with E-state index in [9.17, 15) is 9.59 Å². The summed E-state index contributed by atoms with van der Waals surface area (Å²) in [5.41, 5.74) is -0.204. The van der Waals surface area contributed by atoms with Crippen LogP contribution in [0, 0.1) is 0 Å². The molecule has 0 spiro atoms. The number of benzene rings is 1. The van der Waals surface area contributed by atoms with Crippen LogP contribution in [0.2, 0.25) is 5.02 Å². The van der Waals surface area contributed by atoms with Crippen LogP contribution in [-0.2, 0) is 4.79 Å². The Morgan fingerprint density at radius 3 is 2.57 bits per heavy atom. The highest BCUT2D eigenvalue weighted by Crippen LogP contribution is 2.26. The number of ether oxygens (including phenoxy) is 1. The third-order valence-electron chi connectivity index (χ3n) is 1.44. The summed E-state index contributed by atoms with van der Waals surface area (Å²) in [4.78, 5) is 21.4. The number of rotatable bonds is 2. The number of carboxylic acids is 1. The minimum absolute atomic E-state index is 0.0382. The third kappa shape index (κ3) is 2.23. The quantitative estimate of drug-likeness (QED) is 0.604. The summed E-state index contributed by atoms with van der Waals surface area (Å²) in [6.07, 6.45) is 0. The maximum absolute atomic E-state index is 10.7. The first-order valence-corrected chi connectivity index (χ1v) is 4.10. The SMILES string of the molecule is CC(=O)Oc1cccc(Cl)c1C(=O)O. The topological polar surface area (TPSA) is 63.6 Å². The van der Waals surface area contributed by atoms with Crippen molar-refractivity contribution >= 4 is 23.5 Å². The van der Waals surface area contributed by atoms with E-state index in [0.717, 1.165) is 0 Å². The summed E-state index contributed by atoms with van der Waals surface area (Å²) in [5.74, 6) is -1.86. The van der Waals surface area contributed by atoms with Crippen molar-refractivity contribution in [2.24, 2.45) is 0 Å². The molecular formula is C9H7ClO4. The molecule has 4 nitrogen and oxygen atoms in total. The van der Waals surface area contributed by atoms with Crippen LogP contribution in [0.5, 0.6) is 5.75 Å². The van der Waals surface area contributed by atoms with Crippen molar-refractivity contribution in [1.82, 2.24) is 0 Å². The van der Waals surface area contributed by atoms with Gasteiger partial charge in [-0.05, 0) is 12.1 Å². The van der Waals surface area contributed by atoms with Crippen molar-refractivity contribution in [2.75, 3.05) is 0 Å². The van der Waals surface area contributed by atoms with E-state index in [0.29, 0.717) is 0 Å². The molecule has 0 saturated heterocycles. The lowest BCUT2D eigenvalue weighted by Gasteiger charge is -2.06. The van der Waals surface area contributed by atoms with Gasteiger partial charge in [0.1, 0.15) is 11.3 Å². The fraction of sp³-hybridized carbons (Fsp3) is 0.111. The van der Waals surface area contributed by atoms with Crippen LogP contribution in [0.4, 0.5) is 0 Å². The van der Waals surface area contributed by atoms with Gasteiger partial charge in [0, 0.05) is 6.92 Å². The Morgan fingerprint density at radius 1 is 1.43 bits per heavy atom. The Bertz CT molecular complexity index is 386. The molecule has 5 heteroatoms. The molecule has 0 aliphatic carbocycles. The predicted octanol–water partition coefficient (Wildman–Crippen LogP) is 1.96. The summed E-state index contributed by atoms with van der Waals surface area (Å²) in [7, 11) is 0. The van der Waals surface area contributed by atoms with E-state index in [2.05, 4.69) is 4.74 Å². The van der Waals surface area contributed by atoms with Crippen molar-refractivity contribution in [1.29, 1.82) is 0 Å². The van der Waals surface area contributed by atoms with Crippen LogP contribution >= 0.6 is 11.6 Å². The zero-order chi connectivity index (χ0) is 10.7. The van der Waals surface area contributed by atoms with E-state index >= 15 is 0 Å². The largest absolute Gasteiger partial charge is 0.478 e. The number of carbonyl (C=O) groups is 2. The average molecular weight is 215 g/mol. The van der Waals surface area contributed by atoms with Crippen LogP contribution in [0.1, 0.15) is 17.3 Å². The lowest BCUT2D eigenvalue weighted by atomic mass is 10.2. The second-order valence-corrected chi connectivity index (χ2v) is 2.92. The van der Waals surface area contributed by atoms with E-state index in [1.54, 1.807) is 0 Å². The minimum Gasteiger partial charge on any atom is -0.478 e. The first-order chi connectivity index (χ1) is 6.52. The van der Waals surface area contributed by atoms with Gasteiger partial charge in [0.15, 0.2) is 0 Å². The second-order valence-electron chi connectivity index (χ2n) is 2.51. The lowest BCUT2D eigenvalue weighted by molar-refractivity contribution is -0.131. The Hall–Kier alpha value is -1.55. The Labute approximate surface area is 85.1 Å². The van der Waals surface area contributed by atoms with E-state index in [4.69, 9.17) is 16.7 Å². The zero-order valence-corrected chi connectivity index (χ0v) is 8.04. The molecule has 0 fully saturated rings. The first-order valence-electron chi connectivity index (χ1n) is 3.72. The van der Waals surface area contributed by atoms with Crippen LogP contribution in [0.3, 0.4) is 0 Å². The molecule has 14 heavy (non-hydrogen) atoms. The second kappa shape index (κ2) is 4.11.